The van der Waals surface area contributed by atoms with Crippen molar-refractivity contribution < 1.29 is 14.6 Å². The molecule has 1 fully saturated rings. The standard InChI is InChI=1S/C32H37ClN4O4/c1-3-40-27-18-20-11-14-34-29(24(20)19-28(27)41-4-2)21-5-10-26-25(17-21)30(38)36-31(35-26)37-15-12-32(39,13-16-37)22-6-8-23(33)9-7-22/h6-9,18-19,21,39H,3-5,10-17H2,1-2H3,(H,35,36,38). The average molecular weight is 577 g/mol. The molecule has 0 saturated carbocycles. The van der Waals surface area contributed by atoms with Crippen molar-refractivity contribution in [1.82, 2.24) is 9.97 Å². The predicted molar refractivity (Wildman–Crippen MR) is 161 cm³/mol. The molecule has 3 aliphatic rings. The average Bonchev–Trinajstić information content (AvgIpc) is 2.98. The summed E-state index contributed by atoms with van der Waals surface area (Å²) in [5.74, 6) is 2.26. The number of nitrogens with one attached hydrogen (secondary N) is 1. The van der Waals surface area contributed by atoms with Crippen LogP contribution in [0.1, 0.15) is 61.1 Å². The van der Waals surface area contributed by atoms with Crippen molar-refractivity contribution >= 4 is 23.3 Å². The fourth-order valence-electron chi connectivity index (χ4n) is 6.44. The maximum Gasteiger partial charge on any atom is 0.255 e. The van der Waals surface area contributed by atoms with E-state index in [0.717, 1.165) is 65.4 Å². The van der Waals surface area contributed by atoms with Gasteiger partial charge in [0.25, 0.3) is 5.56 Å². The van der Waals surface area contributed by atoms with Crippen LogP contribution in [0.2, 0.25) is 5.02 Å². The number of piperidine rings is 1. The predicted octanol–water partition coefficient (Wildman–Crippen LogP) is 4.86. The van der Waals surface area contributed by atoms with E-state index >= 15 is 0 Å². The van der Waals surface area contributed by atoms with Crippen LogP contribution in [-0.4, -0.2) is 53.6 Å². The fourth-order valence-corrected chi connectivity index (χ4v) is 6.57. The lowest BCUT2D eigenvalue weighted by atomic mass is 9.79. The molecule has 41 heavy (non-hydrogen) atoms. The number of hydrogen-bond acceptors (Lipinski definition) is 7. The third-order valence-electron chi connectivity index (χ3n) is 8.64. The monoisotopic (exact) mass is 576 g/mol. The van der Waals surface area contributed by atoms with Gasteiger partial charge in [-0.3, -0.25) is 14.8 Å². The Morgan fingerprint density at radius 1 is 1.07 bits per heavy atom. The maximum atomic E-state index is 13.4. The zero-order chi connectivity index (χ0) is 28.6. The maximum absolute atomic E-state index is 13.4. The number of ether oxygens (including phenoxy) is 2. The van der Waals surface area contributed by atoms with Gasteiger partial charge in [-0.25, -0.2) is 4.98 Å². The number of rotatable bonds is 7. The third kappa shape index (κ3) is 5.47. The first kappa shape index (κ1) is 27.8. The lowest BCUT2D eigenvalue weighted by Gasteiger charge is -2.39. The molecule has 2 N–H and O–H groups in total. The molecule has 0 amide bonds. The second-order valence-corrected chi connectivity index (χ2v) is 11.6. The van der Waals surface area contributed by atoms with Gasteiger partial charge in [-0.15, -0.1) is 0 Å². The van der Waals surface area contributed by atoms with Gasteiger partial charge in [0.1, 0.15) is 0 Å². The number of hydrogen-bond donors (Lipinski definition) is 2. The lowest BCUT2D eigenvalue weighted by Crippen LogP contribution is -2.44. The number of aliphatic imine (C=N–C) groups is 1. The van der Waals surface area contributed by atoms with Crippen LogP contribution in [0.3, 0.4) is 0 Å². The Morgan fingerprint density at radius 2 is 1.78 bits per heavy atom. The molecule has 0 radical (unpaired) electrons. The first-order valence-corrected chi connectivity index (χ1v) is 15.1. The highest BCUT2D eigenvalue weighted by molar-refractivity contribution is 6.30. The van der Waals surface area contributed by atoms with E-state index in [4.69, 9.17) is 31.1 Å². The molecule has 1 saturated heterocycles. The number of aromatic amines is 1. The number of aromatic nitrogens is 2. The second kappa shape index (κ2) is 11.5. The molecular weight excluding hydrogens is 540 g/mol. The van der Waals surface area contributed by atoms with Crippen molar-refractivity contribution in [3.8, 4) is 11.5 Å². The fraction of sp³-hybridized carbons (Fsp3) is 0.469. The van der Waals surface area contributed by atoms with E-state index in [-0.39, 0.29) is 11.5 Å². The van der Waals surface area contributed by atoms with Crippen LogP contribution >= 0.6 is 11.6 Å². The smallest absolute Gasteiger partial charge is 0.255 e. The highest BCUT2D eigenvalue weighted by Crippen LogP contribution is 2.37. The lowest BCUT2D eigenvalue weighted by molar-refractivity contribution is 0.0115. The van der Waals surface area contributed by atoms with Crippen LogP contribution in [0, 0.1) is 5.92 Å². The number of aryl methyl sites for hydroxylation is 1. The number of H-pyrrole nitrogens is 1. The van der Waals surface area contributed by atoms with Crippen molar-refractivity contribution in [3.05, 3.63) is 79.7 Å². The van der Waals surface area contributed by atoms with E-state index in [2.05, 4.69) is 22.0 Å². The number of nitrogens with zero attached hydrogens (tertiary/aromatic N) is 3. The van der Waals surface area contributed by atoms with Gasteiger partial charge in [0.05, 0.1) is 24.5 Å². The van der Waals surface area contributed by atoms with E-state index in [1.807, 2.05) is 38.1 Å². The van der Waals surface area contributed by atoms with Crippen molar-refractivity contribution in [3.63, 3.8) is 0 Å². The van der Waals surface area contributed by atoms with Gasteiger partial charge in [0.15, 0.2) is 11.5 Å². The summed E-state index contributed by atoms with van der Waals surface area (Å²) in [6, 6.07) is 11.6. The zero-order valence-corrected chi connectivity index (χ0v) is 24.5. The minimum Gasteiger partial charge on any atom is -0.490 e. The number of benzene rings is 2. The molecule has 1 aliphatic carbocycles. The van der Waals surface area contributed by atoms with Crippen molar-refractivity contribution in [2.75, 3.05) is 37.7 Å². The Morgan fingerprint density at radius 3 is 2.49 bits per heavy atom. The molecule has 3 heterocycles. The van der Waals surface area contributed by atoms with Crippen LogP contribution in [0.15, 0.2) is 46.2 Å². The number of fused-ring (bicyclic) bond motifs is 2. The topological polar surface area (TPSA) is 100 Å². The molecule has 1 atom stereocenters. The van der Waals surface area contributed by atoms with E-state index < -0.39 is 5.60 Å². The molecule has 9 heteroatoms. The van der Waals surface area contributed by atoms with Gasteiger partial charge in [-0.1, -0.05) is 23.7 Å². The first-order chi connectivity index (χ1) is 19.9. The Balaban J connectivity index is 1.20. The molecule has 216 valence electrons. The molecule has 2 aromatic carbocycles. The molecule has 0 bridgehead atoms. The SMILES string of the molecule is CCOc1cc2c(cc1OCC)C(C1CCc3nc(N4CCC(O)(c5ccc(Cl)cc5)CC4)[nH]c(=O)c3C1)=NCC2. The molecule has 6 rings (SSSR count). The van der Waals surface area contributed by atoms with Crippen LogP contribution in [0.4, 0.5) is 5.95 Å². The highest BCUT2D eigenvalue weighted by Gasteiger charge is 2.36. The first-order valence-electron chi connectivity index (χ1n) is 14.7. The number of aliphatic hydroxyl groups is 1. The summed E-state index contributed by atoms with van der Waals surface area (Å²) >= 11 is 6.03. The quantitative estimate of drug-likeness (QED) is 0.417. The van der Waals surface area contributed by atoms with E-state index in [1.54, 1.807) is 0 Å². The van der Waals surface area contributed by atoms with Gasteiger partial charge < -0.3 is 19.5 Å². The molecule has 2 aliphatic heterocycles. The largest absolute Gasteiger partial charge is 0.490 e. The van der Waals surface area contributed by atoms with E-state index in [0.29, 0.717) is 56.5 Å². The summed E-state index contributed by atoms with van der Waals surface area (Å²) in [4.78, 5) is 28.4. The number of halogens is 1. The van der Waals surface area contributed by atoms with E-state index in [9.17, 15) is 9.90 Å². The van der Waals surface area contributed by atoms with Crippen molar-refractivity contribution in [2.24, 2.45) is 10.9 Å². The Kier molecular flexibility index (Phi) is 7.79. The van der Waals surface area contributed by atoms with Gasteiger partial charge in [0.2, 0.25) is 5.95 Å². The van der Waals surface area contributed by atoms with Crippen molar-refractivity contribution in [2.45, 2.75) is 58.0 Å². The Hall–Kier alpha value is -3.36. The summed E-state index contributed by atoms with van der Waals surface area (Å²) < 4.78 is 11.8. The van der Waals surface area contributed by atoms with Gasteiger partial charge in [0, 0.05) is 47.4 Å². The molecule has 8 nitrogen and oxygen atoms in total. The Labute approximate surface area is 245 Å². The van der Waals surface area contributed by atoms with Gasteiger partial charge in [-0.05, 0) is 87.8 Å². The van der Waals surface area contributed by atoms with Crippen LogP contribution in [-0.2, 0) is 24.9 Å². The summed E-state index contributed by atoms with van der Waals surface area (Å²) in [7, 11) is 0. The highest BCUT2D eigenvalue weighted by atomic mass is 35.5. The Bertz CT molecular complexity index is 1510. The molecular formula is C32H37ClN4O4. The van der Waals surface area contributed by atoms with Crippen LogP contribution < -0.4 is 19.9 Å². The summed E-state index contributed by atoms with van der Waals surface area (Å²) in [5.41, 5.74) is 4.90. The van der Waals surface area contributed by atoms with Gasteiger partial charge >= 0.3 is 0 Å². The number of anilines is 1. The normalized spacial score (nSPS) is 19.7. The minimum atomic E-state index is -0.911. The van der Waals surface area contributed by atoms with Gasteiger partial charge in [-0.2, -0.15) is 0 Å². The third-order valence-corrected chi connectivity index (χ3v) is 8.89. The minimum absolute atomic E-state index is 0.0773. The zero-order valence-electron chi connectivity index (χ0n) is 23.7. The summed E-state index contributed by atoms with van der Waals surface area (Å²) in [5, 5.41) is 11.9. The molecule has 1 unspecified atom stereocenters. The molecule has 0 spiro atoms. The molecule has 1 aromatic heterocycles. The van der Waals surface area contributed by atoms with Crippen LogP contribution in [0.5, 0.6) is 11.5 Å². The summed E-state index contributed by atoms with van der Waals surface area (Å²) in [6.45, 7) is 7.02. The van der Waals surface area contributed by atoms with Crippen LogP contribution in [0.25, 0.3) is 0 Å². The molecule has 3 aromatic rings. The van der Waals surface area contributed by atoms with Crippen molar-refractivity contribution in [1.29, 1.82) is 0 Å². The second-order valence-electron chi connectivity index (χ2n) is 11.1. The summed E-state index contributed by atoms with van der Waals surface area (Å²) in [6.07, 6.45) is 4.18. The van der Waals surface area contributed by atoms with E-state index in [1.165, 1.54) is 5.56 Å².